The van der Waals surface area contributed by atoms with E-state index >= 15 is 0 Å². The highest BCUT2D eigenvalue weighted by molar-refractivity contribution is 5.55. The van der Waals surface area contributed by atoms with Crippen LogP contribution in [0, 0.1) is 0 Å². The van der Waals surface area contributed by atoms with Crippen molar-refractivity contribution in [2.24, 2.45) is 0 Å². The lowest BCUT2D eigenvalue weighted by molar-refractivity contribution is 0.195. The van der Waals surface area contributed by atoms with Crippen LogP contribution in [0.2, 0.25) is 0 Å². The van der Waals surface area contributed by atoms with Crippen LogP contribution >= 0.6 is 0 Å². The summed E-state index contributed by atoms with van der Waals surface area (Å²) in [5.74, 6) is 2.31. The smallest absolute Gasteiger partial charge is 0.137 e. The van der Waals surface area contributed by atoms with Crippen molar-refractivity contribution in [3.63, 3.8) is 0 Å². The molecule has 2 aromatic rings. The Morgan fingerprint density at radius 2 is 2.28 bits per heavy atom. The number of ether oxygens (including phenoxy) is 1. The van der Waals surface area contributed by atoms with Crippen LogP contribution in [-0.4, -0.2) is 39.4 Å². The summed E-state index contributed by atoms with van der Waals surface area (Å²) in [5.41, 5.74) is 0. The summed E-state index contributed by atoms with van der Waals surface area (Å²) in [6.45, 7) is 1.54. The molecular formula is C11H14N6O. The molecule has 1 unspecified atom stereocenters. The molecule has 2 aromatic heterocycles. The first-order valence-electron chi connectivity index (χ1n) is 5.83. The van der Waals surface area contributed by atoms with Crippen LogP contribution < -0.4 is 10.6 Å². The quantitative estimate of drug-likeness (QED) is 0.750. The molecule has 1 atom stereocenters. The molecule has 3 heterocycles. The Balaban J connectivity index is 1.68. The third kappa shape index (κ3) is 2.57. The number of aromatic nitrogens is 4. The monoisotopic (exact) mass is 246 g/mol. The minimum absolute atomic E-state index is 0.333. The van der Waals surface area contributed by atoms with Gasteiger partial charge in [0.2, 0.25) is 0 Å². The molecule has 0 spiro atoms. The second-order valence-corrected chi connectivity index (χ2v) is 4.09. The number of hydrogen-bond acceptors (Lipinski definition) is 6. The Hall–Kier alpha value is -2.15. The average Bonchev–Trinajstić information content (AvgIpc) is 3.03. The van der Waals surface area contributed by atoms with Gasteiger partial charge in [-0.3, -0.25) is 5.10 Å². The molecule has 0 aliphatic carbocycles. The lowest BCUT2D eigenvalue weighted by Gasteiger charge is -2.11. The minimum Gasteiger partial charge on any atom is -0.379 e. The first-order chi connectivity index (χ1) is 8.90. The fourth-order valence-electron chi connectivity index (χ4n) is 1.83. The Morgan fingerprint density at radius 1 is 1.33 bits per heavy atom. The molecule has 0 aromatic carbocycles. The first kappa shape index (κ1) is 11.0. The van der Waals surface area contributed by atoms with Gasteiger partial charge in [0.05, 0.1) is 18.8 Å². The van der Waals surface area contributed by atoms with E-state index in [2.05, 4.69) is 30.8 Å². The summed E-state index contributed by atoms with van der Waals surface area (Å²) in [4.78, 5) is 8.34. The van der Waals surface area contributed by atoms with Gasteiger partial charge in [-0.1, -0.05) is 0 Å². The molecule has 1 saturated heterocycles. The maximum absolute atomic E-state index is 5.31. The number of H-pyrrole nitrogens is 1. The van der Waals surface area contributed by atoms with Crippen LogP contribution in [0.3, 0.4) is 0 Å². The third-order valence-corrected chi connectivity index (χ3v) is 2.71. The second-order valence-electron chi connectivity index (χ2n) is 4.09. The molecule has 0 bridgehead atoms. The minimum atomic E-state index is 0.333. The summed E-state index contributed by atoms with van der Waals surface area (Å²) in [6, 6.07) is 4.03. The summed E-state index contributed by atoms with van der Waals surface area (Å²) in [5, 5.41) is 13.1. The van der Waals surface area contributed by atoms with Crippen molar-refractivity contribution in [2.75, 3.05) is 23.8 Å². The van der Waals surface area contributed by atoms with Crippen molar-refractivity contribution in [3.8, 4) is 0 Å². The van der Waals surface area contributed by atoms with Crippen molar-refractivity contribution >= 4 is 17.5 Å². The van der Waals surface area contributed by atoms with Crippen LogP contribution in [0.4, 0.5) is 17.5 Å². The fourth-order valence-corrected chi connectivity index (χ4v) is 1.83. The van der Waals surface area contributed by atoms with Crippen molar-refractivity contribution in [3.05, 3.63) is 24.7 Å². The van der Waals surface area contributed by atoms with Crippen LogP contribution in [0.15, 0.2) is 24.7 Å². The average molecular weight is 246 g/mol. The van der Waals surface area contributed by atoms with E-state index in [0.717, 1.165) is 37.1 Å². The third-order valence-electron chi connectivity index (χ3n) is 2.71. The van der Waals surface area contributed by atoms with Crippen LogP contribution in [-0.2, 0) is 4.74 Å². The van der Waals surface area contributed by atoms with Gasteiger partial charge < -0.3 is 15.4 Å². The van der Waals surface area contributed by atoms with E-state index in [-0.39, 0.29) is 0 Å². The molecule has 3 rings (SSSR count). The largest absolute Gasteiger partial charge is 0.379 e. The maximum Gasteiger partial charge on any atom is 0.137 e. The molecule has 1 aliphatic heterocycles. The number of nitrogens with zero attached hydrogens (tertiary/aromatic N) is 3. The van der Waals surface area contributed by atoms with Crippen molar-refractivity contribution < 1.29 is 4.74 Å². The van der Waals surface area contributed by atoms with E-state index in [1.807, 2.05) is 12.1 Å². The van der Waals surface area contributed by atoms with E-state index < -0.39 is 0 Å². The van der Waals surface area contributed by atoms with E-state index in [9.17, 15) is 0 Å². The van der Waals surface area contributed by atoms with Gasteiger partial charge in [-0.05, 0) is 6.42 Å². The highest BCUT2D eigenvalue weighted by atomic mass is 16.5. The van der Waals surface area contributed by atoms with Gasteiger partial charge in [0, 0.05) is 18.7 Å². The Kier molecular flexibility index (Phi) is 3.05. The highest BCUT2D eigenvalue weighted by Crippen LogP contribution is 2.16. The normalized spacial score (nSPS) is 18.8. The highest BCUT2D eigenvalue weighted by Gasteiger charge is 2.15. The van der Waals surface area contributed by atoms with E-state index in [0.29, 0.717) is 6.04 Å². The molecule has 94 valence electrons. The van der Waals surface area contributed by atoms with Gasteiger partial charge in [-0.25, -0.2) is 9.97 Å². The predicted octanol–water partition coefficient (Wildman–Crippen LogP) is 1.14. The number of nitrogens with one attached hydrogen (secondary N) is 3. The number of rotatable bonds is 4. The molecule has 1 fully saturated rings. The fraction of sp³-hybridized carbons (Fsp3) is 0.364. The van der Waals surface area contributed by atoms with Crippen molar-refractivity contribution in [2.45, 2.75) is 12.5 Å². The van der Waals surface area contributed by atoms with Gasteiger partial charge >= 0.3 is 0 Å². The van der Waals surface area contributed by atoms with Crippen molar-refractivity contribution in [1.29, 1.82) is 0 Å². The SMILES string of the molecule is c1cc(Nc2cc(NC3CCOC3)ncn2)[nH]n1. The zero-order valence-electron chi connectivity index (χ0n) is 9.76. The zero-order valence-corrected chi connectivity index (χ0v) is 9.76. The zero-order chi connectivity index (χ0) is 12.2. The van der Waals surface area contributed by atoms with Crippen molar-refractivity contribution in [1.82, 2.24) is 20.2 Å². The number of aromatic amines is 1. The molecule has 3 N–H and O–H groups in total. The van der Waals surface area contributed by atoms with E-state index in [1.54, 1.807) is 6.20 Å². The maximum atomic E-state index is 5.31. The van der Waals surface area contributed by atoms with Crippen LogP contribution in [0.25, 0.3) is 0 Å². The van der Waals surface area contributed by atoms with Crippen LogP contribution in [0.5, 0.6) is 0 Å². The molecule has 7 nitrogen and oxygen atoms in total. The Morgan fingerprint density at radius 3 is 3.06 bits per heavy atom. The number of anilines is 3. The Labute approximate surface area is 104 Å². The van der Waals surface area contributed by atoms with Gasteiger partial charge in [-0.15, -0.1) is 0 Å². The lowest BCUT2D eigenvalue weighted by atomic mass is 10.2. The van der Waals surface area contributed by atoms with E-state index in [1.165, 1.54) is 6.33 Å². The molecule has 18 heavy (non-hydrogen) atoms. The summed E-state index contributed by atoms with van der Waals surface area (Å²) < 4.78 is 5.31. The van der Waals surface area contributed by atoms with Gasteiger partial charge in [0.1, 0.15) is 23.8 Å². The van der Waals surface area contributed by atoms with E-state index in [4.69, 9.17) is 4.74 Å². The summed E-state index contributed by atoms with van der Waals surface area (Å²) >= 11 is 0. The molecule has 0 amide bonds. The standard InChI is InChI=1S/C11H14N6O/c1-3-14-17-9(1)16-11-5-10(12-7-13-11)15-8-2-4-18-6-8/h1,3,5,7-8H,2,4,6H2,(H3,12,13,14,15,16,17). The molecular weight excluding hydrogens is 232 g/mol. The molecule has 0 radical (unpaired) electrons. The first-order valence-corrected chi connectivity index (χ1v) is 5.83. The summed E-state index contributed by atoms with van der Waals surface area (Å²) in [6.07, 6.45) is 4.21. The second kappa shape index (κ2) is 5.01. The summed E-state index contributed by atoms with van der Waals surface area (Å²) in [7, 11) is 0. The molecule has 1 aliphatic rings. The number of hydrogen-bond donors (Lipinski definition) is 3. The van der Waals surface area contributed by atoms with Gasteiger partial charge in [-0.2, -0.15) is 5.10 Å². The lowest BCUT2D eigenvalue weighted by Crippen LogP contribution is -2.19. The van der Waals surface area contributed by atoms with Gasteiger partial charge in [0.25, 0.3) is 0 Å². The van der Waals surface area contributed by atoms with Gasteiger partial charge in [0.15, 0.2) is 0 Å². The predicted molar refractivity (Wildman–Crippen MR) is 66.7 cm³/mol. The molecule has 0 saturated carbocycles. The topological polar surface area (TPSA) is 87.8 Å². The van der Waals surface area contributed by atoms with Crippen LogP contribution in [0.1, 0.15) is 6.42 Å². The molecule has 7 heteroatoms. The Bertz CT molecular complexity index is 494.